The highest BCUT2D eigenvalue weighted by molar-refractivity contribution is 6.14. The fraction of sp³-hybridized carbons (Fsp3) is 0.375. The van der Waals surface area contributed by atoms with Crippen LogP contribution in [-0.4, -0.2) is 48.3 Å². The molecule has 0 saturated carbocycles. The van der Waals surface area contributed by atoms with E-state index in [2.05, 4.69) is 15.8 Å². The predicted molar refractivity (Wildman–Crippen MR) is 120 cm³/mol. The summed E-state index contributed by atoms with van der Waals surface area (Å²) in [6.45, 7) is 5.30. The molecule has 0 saturated heterocycles. The Morgan fingerprint density at radius 2 is 2.00 bits per heavy atom. The Bertz CT molecular complexity index is 971. The normalized spacial score (nSPS) is 19.0. The molecule has 2 atom stereocenters. The fourth-order valence-electron chi connectivity index (χ4n) is 3.59. The van der Waals surface area contributed by atoms with Gasteiger partial charge in [0.2, 0.25) is 0 Å². The molecular formula is C24H29N3O4. The highest BCUT2D eigenvalue weighted by atomic mass is 16.5. The van der Waals surface area contributed by atoms with E-state index in [0.29, 0.717) is 29.0 Å². The minimum atomic E-state index is -0.332. The first-order valence-corrected chi connectivity index (χ1v) is 10.4. The van der Waals surface area contributed by atoms with Crippen molar-refractivity contribution in [1.82, 2.24) is 10.7 Å². The second-order valence-corrected chi connectivity index (χ2v) is 8.00. The molecule has 7 heteroatoms. The van der Waals surface area contributed by atoms with E-state index in [1.54, 1.807) is 12.1 Å². The van der Waals surface area contributed by atoms with Gasteiger partial charge in [0.15, 0.2) is 5.78 Å². The lowest BCUT2D eigenvalue weighted by molar-refractivity contribution is -0.118. The van der Waals surface area contributed by atoms with Crippen molar-refractivity contribution in [3.63, 3.8) is 0 Å². The number of rotatable bonds is 8. The third kappa shape index (κ3) is 4.94. The molecule has 1 aliphatic heterocycles. The minimum absolute atomic E-state index is 0.0262. The first-order chi connectivity index (χ1) is 14.8. The highest BCUT2D eigenvalue weighted by Crippen LogP contribution is 2.31. The van der Waals surface area contributed by atoms with E-state index >= 15 is 0 Å². The molecular weight excluding hydrogens is 394 g/mol. The van der Waals surface area contributed by atoms with E-state index in [0.717, 1.165) is 11.1 Å². The number of hydrogen-bond acceptors (Lipinski definition) is 6. The van der Waals surface area contributed by atoms with Gasteiger partial charge in [0, 0.05) is 11.1 Å². The molecule has 2 aliphatic rings. The van der Waals surface area contributed by atoms with Crippen LogP contribution in [0.3, 0.4) is 0 Å². The number of fused-ring (bicyclic) bond motifs is 1. The van der Waals surface area contributed by atoms with Crippen molar-refractivity contribution >= 4 is 23.5 Å². The van der Waals surface area contributed by atoms with Crippen molar-refractivity contribution in [2.45, 2.75) is 39.3 Å². The van der Waals surface area contributed by atoms with Gasteiger partial charge in [-0.25, -0.2) is 0 Å². The molecule has 0 bridgehead atoms. The summed E-state index contributed by atoms with van der Waals surface area (Å²) in [5.74, 6) is 0.339. The minimum Gasteiger partial charge on any atom is -0.495 e. The van der Waals surface area contributed by atoms with E-state index in [-0.39, 0.29) is 36.3 Å². The Balaban J connectivity index is 1.84. The number of hydrogen-bond donors (Lipinski definition) is 3. The van der Waals surface area contributed by atoms with Crippen molar-refractivity contribution in [2.24, 2.45) is 11.0 Å². The summed E-state index contributed by atoms with van der Waals surface area (Å²) in [6, 6.07) is 6.93. The number of hydrazone groups is 1. The molecule has 164 valence electrons. The monoisotopic (exact) mass is 423 g/mol. The molecule has 2 unspecified atom stereocenters. The van der Waals surface area contributed by atoms with Crippen LogP contribution in [-0.2, 0) is 9.53 Å². The predicted octanol–water partition coefficient (Wildman–Crippen LogP) is 2.59. The van der Waals surface area contributed by atoms with Gasteiger partial charge in [-0.3, -0.25) is 9.59 Å². The smallest absolute Gasteiger partial charge is 0.255 e. The number of nitrogens with zero attached hydrogens (tertiary/aromatic N) is 1. The standard InChI is InChI=1S/C24H29N3O4/c1-14(2)21(13-28)25-24(30)18-10-12-20-22(23(18)31-4)19(26-27-20)11-7-16-5-8-17(9-6-16)15(3)29/h5-11,14,20-21,27-28H,12-13H2,1-4H3,(H,25,30)/b11-7+. The maximum absolute atomic E-state index is 12.9. The number of Topliss-reactive ketones (excluding diaryl/α,β-unsaturated/α-hetero) is 1. The van der Waals surface area contributed by atoms with Crippen LogP contribution in [0.15, 0.2) is 58.4 Å². The average molecular weight is 424 g/mol. The van der Waals surface area contributed by atoms with Crippen molar-refractivity contribution in [2.75, 3.05) is 13.7 Å². The van der Waals surface area contributed by atoms with Crippen LogP contribution in [0.5, 0.6) is 0 Å². The van der Waals surface area contributed by atoms with Gasteiger partial charge in [0.1, 0.15) is 5.76 Å². The Kier molecular flexibility index (Phi) is 7.07. The zero-order chi connectivity index (χ0) is 22.5. The van der Waals surface area contributed by atoms with Gasteiger partial charge in [-0.1, -0.05) is 50.3 Å². The van der Waals surface area contributed by atoms with Crippen molar-refractivity contribution in [1.29, 1.82) is 0 Å². The number of aliphatic hydroxyl groups excluding tert-OH is 1. The van der Waals surface area contributed by atoms with Gasteiger partial charge in [-0.15, -0.1) is 0 Å². The molecule has 1 amide bonds. The van der Waals surface area contributed by atoms with E-state index in [4.69, 9.17) is 4.74 Å². The highest BCUT2D eigenvalue weighted by Gasteiger charge is 2.34. The van der Waals surface area contributed by atoms with Crippen LogP contribution in [0.4, 0.5) is 0 Å². The Morgan fingerprint density at radius 3 is 2.58 bits per heavy atom. The number of carbonyl (C=O) groups is 2. The Hall–Kier alpha value is -3.19. The molecule has 1 aromatic rings. The summed E-state index contributed by atoms with van der Waals surface area (Å²) >= 11 is 0. The Labute approximate surface area is 182 Å². The van der Waals surface area contributed by atoms with E-state index < -0.39 is 0 Å². The molecule has 0 aromatic heterocycles. The molecule has 31 heavy (non-hydrogen) atoms. The number of amides is 1. The third-order valence-corrected chi connectivity index (χ3v) is 5.53. The molecule has 1 heterocycles. The zero-order valence-corrected chi connectivity index (χ0v) is 18.3. The van der Waals surface area contributed by atoms with Crippen LogP contribution in [0.2, 0.25) is 0 Å². The van der Waals surface area contributed by atoms with E-state index in [9.17, 15) is 14.7 Å². The van der Waals surface area contributed by atoms with Crippen molar-refractivity contribution < 1.29 is 19.4 Å². The molecule has 7 nitrogen and oxygen atoms in total. The van der Waals surface area contributed by atoms with Crippen molar-refractivity contribution in [3.8, 4) is 0 Å². The summed E-state index contributed by atoms with van der Waals surface area (Å²) < 4.78 is 5.63. The lowest BCUT2D eigenvalue weighted by Crippen LogP contribution is -2.43. The molecule has 1 aromatic carbocycles. The quantitative estimate of drug-likeness (QED) is 0.558. The number of methoxy groups -OCH3 is 1. The maximum atomic E-state index is 12.9. The molecule has 0 spiro atoms. The Morgan fingerprint density at radius 1 is 1.29 bits per heavy atom. The lowest BCUT2D eigenvalue weighted by Gasteiger charge is -2.25. The molecule has 1 aliphatic carbocycles. The van der Waals surface area contributed by atoms with Gasteiger partial charge in [0.25, 0.3) is 5.91 Å². The van der Waals surface area contributed by atoms with Gasteiger partial charge in [0.05, 0.1) is 37.1 Å². The van der Waals surface area contributed by atoms with Gasteiger partial charge in [-0.2, -0.15) is 5.10 Å². The fourth-order valence-corrected chi connectivity index (χ4v) is 3.59. The topological polar surface area (TPSA) is 100 Å². The van der Waals surface area contributed by atoms with Crippen LogP contribution in [0, 0.1) is 5.92 Å². The summed E-state index contributed by atoms with van der Waals surface area (Å²) in [5, 5.41) is 16.9. The third-order valence-electron chi connectivity index (χ3n) is 5.53. The molecule has 0 fully saturated rings. The van der Waals surface area contributed by atoms with Crippen molar-refractivity contribution in [3.05, 3.63) is 64.4 Å². The maximum Gasteiger partial charge on any atom is 0.255 e. The van der Waals surface area contributed by atoms with Crippen LogP contribution in [0.25, 0.3) is 6.08 Å². The summed E-state index contributed by atoms with van der Waals surface area (Å²) in [6.07, 6.45) is 6.22. The number of allylic oxidation sites excluding steroid dienone is 1. The van der Waals surface area contributed by atoms with Crippen LogP contribution < -0.4 is 10.7 Å². The number of ketones is 1. The summed E-state index contributed by atoms with van der Waals surface area (Å²) in [4.78, 5) is 24.3. The average Bonchev–Trinajstić information content (AvgIpc) is 3.18. The number of nitrogens with one attached hydrogen (secondary N) is 2. The van der Waals surface area contributed by atoms with E-state index in [1.807, 2.05) is 44.2 Å². The van der Waals surface area contributed by atoms with Crippen LogP contribution in [0.1, 0.15) is 43.1 Å². The second-order valence-electron chi connectivity index (χ2n) is 8.00. The van der Waals surface area contributed by atoms with Gasteiger partial charge < -0.3 is 20.6 Å². The first kappa shape index (κ1) is 22.5. The zero-order valence-electron chi connectivity index (χ0n) is 18.3. The molecule has 3 N–H and O–H groups in total. The number of ether oxygens (including phenoxy) is 1. The molecule has 3 rings (SSSR count). The lowest BCUT2D eigenvalue weighted by atomic mass is 9.89. The first-order valence-electron chi connectivity index (χ1n) is 10.4. The number of carbonyl (C=O) groups excluding carboxylic acids is 2. The molecule has 0 radical (unpaired) electrons. The second kappa shape index (κ2) is 9.75. The van der Waals surface area contributed by atoms with E-state index in [1.165, 1.54) is 14.0 Å². The summed E-state index contributed by atoms with van der Waals surface area (Å²) in [7, 11) is 1.54. The van der Waals surface area contributed by atoms with Gasteiger partial charge >= 0.3 is 0 Å². The number of aliphatic hydroxyl groups is 1. The SMILES string of the molecule is COC1=C2C(/C=C/c3ccc(C(C)=O)cc3)=NNC2CC=C1C(=O)NC(CO)C(C)C. The largest absolute Gasteiger partial charge is 0.495 e. The summed E-state index contributed by atoms with van der Waals surface area (Å²) in [5.41, 5.74) is 6.67. The number of benzene rings is 1. The van der Waals surface area contributed by atoms with Crippen LogP contribution >= 0.6 is 0 Å². The van der Waals surface area contributed by atoms with Gasteiger partial charge in [-0.05, 0) is 30.9 Å².